The van der Waals surface area contributed by atoms with Crippen LogP contribution in [-0.2, 0) is 19.6 Å². The van der Waals surface area contributed by atoms with Crippen LogP contribution in [0.5, 0.6) is 0 Å². The first-order valence-corrected chi connectivity index (χ1v) is 10.8. The molecular formula is C21H26N2O5S. The maximum Gasteiger partial charge on any atom is 0.305 e. The van der Waals surface area contributed by atoms with Crippen molar-refractivity contribution in [1.29, 1.82) is 0 Å². The number of methoxy groups -OCH3 is 1. The first kappa shape index (κ1) is 22.4. The van der Waals surface area contributed by atoms with Crippen molar-refractivity contribution in [2.75, 3.05) is 18.4 Å². The van der Waals surface area contributed by atoms with Crippen LogP contribution in [0.2, 0.25) is 0 Å². The van der Waals surface area contributed by atoms with Gasteiger partial charge in [0, 0.05) is 24.2 Å². The minimum atomic E-state index is -3.80. The van der Waals surface area contributed by atoms with Crippen LogP contribution in [0.15, 0.2) is 53.4 Å². The number of carbonyl (C=O) groups excluding carboxylic acids is 2. The smallest absolute Gasteiger partial charge is 0.305 e. The number of unbranched alkanes of at least 4 members (excludes halogenated alkanes) is 2. The van der Waals surface area contributed by atoms with E-state index in [2.05, 4.69) is 14.8 Å². The van der Waals surface area contributed by atoms with Crippen molar-refractivity contribution < 1.29 is 22.7 Å². The van der Waals surface area contributed by atoms with Crippen molar-refractivity contribution in [2.45, 2.75) is 37.5 Å². The van der Waals surface area contributed by atoms with E-state index in [0.717, 1.165) is 18.4 Å². The summed E-state index contributed by atoms with van der Waals surface area (Å²) in [5.41, 5.74) is 1.67. The second-order valence-electron chi connectivity index (χ2n) is 6.65. The molecule has 0 unspecified atom stereocenters. The topological polar surface area (TPSA) is 102 Å². The lowest BCUT2D eigenvalue weighted by atomic mass is 10.2. The summed E-state index contributed by atoms with van der Waals surface area (Å²) in [6, 6.07) is 12.9. The highest BCUT2D eigenvalue weighted by molar-refractivity contribution is 7.92. The molecule has 0 aromatic heterocycles. The molecule has 0 aliphatic rings. The lowest BCUT2D eigenvalue weighted by Crippen LogP contribution is -2.25. The largest absolute Gasteiger partial charge is 0.469 e. The molecule has 2 rings (SSSR count). The van der Waals surface area contributed by atoms with Crippen LogP contribution in [0.4, 0.5) is 5.69 Å². The first-order valence-electron chi connectivity index (χ1n) is 9.36. The van der Waals surface area contributed by atoms with Gasteiger partial charge in [-0.15, -0.1) is 0 Å². The van der Waals surface area contributed by atoms with E-state index < -0.39 is 10.0 Å². The van der Waals surface area contributed by atoms with Crippen LogP contribution < -0.4 is 10.0 Å². The molecule has 0 aliphatic carbocycles. The Labute approximate surface area is 171 Å². The number of nitrogens with one attached hydrogen (secondary N) is 2. The number of anilines is 1. The molecular weight excluding hydrogens is 392 g/mol. The second-order valence-corrected chi connectivity index (χ2v) is 8.33. The van der Waals surface area contributed by atoms with Gasteiger partial charge in [-0.05, 0) is 55.7 Å². The Bertz CT molecular complexity index is 957. The number of hydrogen-bond donors (Lipinski definition) is 2. The van der Waals surface area contributed by atoms with E-state index in [-0.39, 0.29) is 22.3 Å². The van der Waals surface area contributed by atoms with Gasteiger partial charge in [0.2, 0.25) is 0 Å². The highest BCUT2D eigenvalue weighted by Crippen LogP contribution is 2.18. The summed E-state index contributed by atoms with van der Waals surface area (Å²) >= 11 is 0. The Hall–Kier alpha value is -2.87. The standard InChI is InChI=1S/C21H26N2O5S/c1-16-8-6-10-18(14-16)23-29(26,27)19-11-7-9-17(15-19)21(25)22-13-5-3-4-12-20(24)28-2/h6-11,14-15,23H,3-5,12-13H2,1-2H3,(H,22,25). The van der Waals surface area contributed by atoms with Crippen LogP contribution in [0.3, 0.4) is 0 Å². The number of hydrogen-bond acceptors (Lipinski definition) is 5. The summed E-state index contributed by atoms with van der Waals surface area (Å²) < 4.78 is 32.3. The fraction of sp³-hybridized carbons (Fsp3) is 0.333. The van der Waals surface area contributed by atoms with E-state index in [1.54, 1.807) is 24.3 Å². The molecule has 2 N–H and O–H groups in total. The van der Waals surface area contributed by atoms with Gasteiger partial charge in [-0.1, -0.05) is 24.6 Å². The molecule has 1 amide bonds. The second kappa shape index (κ2) is 10.6. The summed E-state index contributed by atoms with van der Waals surface area (Å²) in [7, 11) is -2.45. The van der Waals surface area contributed by atoms with Crippen LogP contribution in [0, 0.1) is 6.92 Å². The van der Waals surface area contributed by atoms with Crippen molar-refractivity contribution in [3.8, 4) is 0 Å². The number of benzene rings is 2. The molecule has 2 aromatic rings. The lowest BCUT2D eigenvalue weighted by molar-refractivity contribution is -0.140. The quantitative estimate of drug-likeness (QED) is 0.455. The normalized spacial score (nSPS) is 11.0. The Morgan fingerprint density at radius 1 is 1.00 bits per heavy atom. The molecule has 7 nitrogen and oxygen atoms in total. The molecule has 0 aliphatic heterocycles. The van der Waals surface area contributed by atoms with Crippen LogP contribution >= 0.6 is 0 Å². The molecule has 0 saturated heterocycles. The molecule has 0 bridgehead atoms. The zero-order valence-electron chi connectivity index (χ0n) is 16.6. The van der Waals surface area contributed by atoms with Gasteiger partial charge in [0.25, 0.3) is 15.9 Å². The van der Waals surface area contributed by atoms with Crippen molar-refractivity contribution in [3.63, 3.8) is 0 Å². The average Bonchev–Trinajstić information content (AvgIpc) is 2.70. The van der Waals surface area contributed by atoms with Gasteiger partial charge < -0.3 is 10.1 Å². The van der Waals surface area contributed by atoms with E-state index in [0.29, 0.717) is 25.1 Å². The summed E-state index contributed by atoms with van der Waals surface area (Å²) in [5, 5.41) is 2.77. The maximum atomic E-state index is 12.6. The fourth-order valence-electron chi connectivity index (χ4n) is 2.70. The summed E-state index contributed by atoms with van der Waals surface area (Å²) in [5.74, 6) is -0.586. The Balaban J connectivity index is 1.92. The van der Waals surface area contributed by atoms with E-state index >= 15 is 0 Å². The maximum absolute atomic E-state index is 12.6. The van der Waals surface area contributed by atoms with Crippen molar-refractivity contribution in [2.24, 2.45) is 0 Å². The minimum absolute atomic E-state index is 0.0183. The molecule has 0 radical (unpaired) electrons. The molecule has 8 heteroatoms. The van der Waals surface area contributed by atoms with Gasteiger partial charge >= 0.3 is 5.97 Å². The van der Waals surface area contributed by atoms with Crippen molar-refractivity contribution in [1.82, 2.24) is 5.32 Å². The Morgan fingerprint density at radius 3 is 2.48 bits per heavy atom. The van der Waals surface area contributed by atoms with Crippen LogP contribution in [-0.4, -0.2) is 33.9 Å². The fourth-order valence-corrected chi connectivity index (χ4v) is 3.80. The molecule has 0 heterocycles. The zero-order valence-corrected chi connectivity index (χ0v) is 17.4. The van der Waals surface area contributed by atoms with E-state index in [9.17, 15) is 18.0 Å². The average molecular weight is 419 g/mol. The molecule has 29 heavy (non-hydrogen) atoms. The Morgan fingerprint density at radius 2 is 1.76 bits per heavy atom. The molecule has 0 saturated carbocycles. The highest BCUT2D eigenvalue weighted by atomic mass is 32.2. The SMILES string of the molecule is COC(=O)CCCCCNC(=O)c1cccc(S(=O)(=O)Nc2cccc(C)c2)c1. The third-order valence-electron chi connectivity index (χ3n) is 4.25. The number of amides is 1. The summed E-state index contributed by atoms with van der Waals surface area (Å²) in [4.78, 5) is 23.4. The third-order valence-corrected chi connectivity index (χ3v) is 5.63. The van der Waals surface area contributed by atoms with Crippen LogP contribution in [0.1, 0.15) is 41.6 Å². The number of rotatable bonds is 10. The van der Waals surface area contributed by atoms with Gasteiger partial charge in [0.1, 0.15) is 0 Å². The number of aryl methyl sites for hydroxylation is 1. The molecule has 0 spiro atoms. The number of ether oxygens (including phenoxy) is 1. The third kappa shape index (κ3) is 7.23. The van der Waals surface area contributed by atoms with Gasteiger partial charge in [0.15, 0.2) is 0 Å². The predicted molar refractivity (Wildman–Crippen MR) is 111 cm³/mol. The van der Waals surface area contributed by atoms with E-state index in [1.807, 2.05) is 13.0 Å². The Kier molecular flexibility index (Phi) is 8.21. The predicted octanol–water partition coefficient (Wildman–Crippen LogP) is 3.26. The van der Waals surface area contributed by atoms with E-state index in [4.69, 9.17) is 0 Å². The number of esters is 1. The van der Waals surface area contributed by atoms with Gasteiger partial charge in [-0.3, -0.25) is 14.3 Å². The summed E-state index contributed by atoms with van der Waals surface area (Å²) in [6.45, 7) is 2.32. The first-order chi connectivity index (χ1) is 13.8. The minimum Gasteiger partial charge on any atom is -0.469 e. The highest BCUT2D eigenvalue weighted by Gasteiger charge is 2.16. The number of sulfonamides is 1. The molecule has 0 fully saturated rings. The number of carbonyl (C=O) groups is 2. The summed E-state index contributed by atoms with van der Waals surface area (Å²) in [6.07, 6.45) is 2.55. The molecule has 0 atom stereocenters. The molecule has 2 aromatic carbocycles. The lowest BCUT2D eigenvalue weighted by Gasteiger charge is -2.10. The van der Waals surface area contributed by atoms with E-state index in [1.165, 1.54) is 25.3 Å². The van der Waals surface area contributed by atoms with Crippen molar-refractivity contribution >= 4 is 27.6 Å². The van der Waals surface area contributed by atoms with Gasteiger partial charge in [-0.25, -0.2) is 8.42 Å². The van der Waals surface area contributed by atoms with Crippen LogP contribution in [0.25, 0.3) is 0 Å². The van der Waals surface area contributed by atoms with Crippen molar-refractivity contribution in [3.05, 3.63) is 59.7 Å². The molecule has 156 valence electrons. The monoisotopic (exact) mass is 418 g/mol. The zero-order chi connectivity index (χ0) is 21.3. The van der Waals surface area contributed by atoms with Gasteiger partial charge in [-0.2, -0.15) is 0 Å². The van der Waals surface area contributed by atoms with Gasteiger partial charge in [0.05, 0.1) is 12.0 Å².